The fourth-order valence-corrected chi connectivity index (χ4v) is 4.16. The van der Waals surface area contributed by atoms with Crippen LogP contribution in [-0.4, -0.2) is 11.7 Å². The fourth-order valence-electron chi connectivity index (χ4n) is 4.16. The van der Waals surface area contributed by atoms with Gasteiger partial charge in [0.2, 0.25) is 0 Å². The maximum atomic E-state index is 9.30. The lowest BCUT2D eigenvalue weighted by molar-refractivity contribution is 0.0487. The van der Waals surface area contributed by atoms with Crippen LogP contribution in [0.2, 0.25) is 0 Å². The van der Waals surface area contributed by atoms with Crippen LogP contribution in [0.25, 0.3) is 0 Å². The SMILES string of the molecule is CC(CO)C1CCC2CCCCC21C. The Kier molecular flexibility index (Phi) is 2.88. The molecule has 4 unspecified atom stereocenters. The third-order valence-electron chi connectivity index (χ3n) is 5.10. The van der Waals surface area contributed by atoms with E-state index in [1.165, 1.54) is 38.5 Å². The van der Waals surface area contributed by atoms with E-state index >= 15 is 0 Å². The molecule has 2 aliphatic rings. The Hall–Kier alpha value is -0.0400. The van der Waals surface area contributed by atoms with E-state index in [0.717, 1.165) is 11.8 Å². The van der Waals surface area contributed by atoms with Crippen LogP contribution < -0.4 is 0 Å². The van der Waals surface area contributed by atoms with E-state index in [0.29, 0.717) is 17.9 Å². The van der Waals surface area contributed by atoms with E-state index in [-0.39, 0.29) is 0 Å². The van der Waals surface area contributed by atoms with Gasteiger partial charge in [0.15, 0.2) is 0 Å². The lowest BCUT2D eigenvalue weighted by Gasteiger charge is -2.42. The van der Waals surface area contributed by atoms with Crippen molar-refractivity contribution in [3.05, 3.63) is 0 Å². The minimum Gasteiger partial charge on any atom is -0.396 e. The molecule has 0 aromatic heterocycles. The summed E-state index contributed by atoms with van der Waals surface area (Å²) in [5, 5.41) is 9.30. The van der Waals surface area contributed by atoms with Crippen LogP contribution in [0.5, 0.6) is 0 Å². The largest absolute Gasteiger partial charge is 0.396 e. The molecule has 0 heterocycles. The molecule has 0 aromatic carbocycles. The van der Waals surface area contributed by atoms with Gasteiger partial charge in [-0.15, -0.1) is 0 Å². The molecule has 0 aromatic rings. The summed E-state index contributed by atoms with van der Waals surface area (Å²) in [5.74, 6) is 2.27. The first-order valence-electron chi connectivity index (χ1n) is 6.29. The van der Waals surface area contributed by atoms with Crippen molar-refractivity contribution in [2.75, 3.05) is 6.61 Å². The molecular formula is C13H24O. The van der Waals surface area contributed by atoms with Gasteiger partial charge in [-0.1, -0.05) is 26.7 Å². The highest BCUT2D eigenvalue weighted by molar-refractivity contribution is 4.98. The van der Waals surface area contributed by atoms with Gasteiger partial charge in [-0.25, -0.2) is 0 Å². The van der Waals surface area contributed by atoms with E-state index in [1.54, 1.807) is 0 Å². The van der Waals surface area contributed by atoms with Crippen molar-refractivity contribution in [2.24, 2.45) is 23.2 Å². The number of hydrogen-bond donors (Lipinski definition) is 1. The highest BCUT2D eigenvalue weighted by atomic mass is 16.3. The second kappa shape index (κ2) is 3.84. The quantitative estimate of drug-likeness (QED) is 0.719. The second-order valence-corrected chi connectivity index (χ2v) is 5.79. The highest BCUT2D eigenvalue weighted by Gasteiger charge is 2.48. The zero-order valence-electron chi connectivity index (χ0n) is 9.63. The Morgan fingerprint density at radius 2 is 2.07 bits per heavy atom. The molecule has 2 fully saturated rings. The van der Waals surface area contributed by atoms with Crippen molar-refractivity contribution in [1.82, 2.24) is 0 Å². The number of fused-ring (bicyclic) bond motifs is 1. The summed E-state index contributed by atoms with van der Waals surface area (Å²) in [6.07, 6.45) is 8.51. The van der Waals surface area contributed by atoms with Gasteiger partial charge in [0, 0.05) is 6.61 Å². The summed E-state index contributed by atoms with van der Waals surface area (Å²) in [4.78, 5) is 0. The summed E-state index contributed by atoms with van der Waals surface area (Å²) < 4.78 is 0. The maximum absolute atomic E-state index is 9.30. The molecule has 0 aliphatic heterocycles. The van der Waals surface area contributed by atoms with Crippen LogP contribution in [0, 0.1) is 23.2 Å². The Bertz CT molecular complexity index is 201. The molecule has 0 saturated heterocycles. The molecule has 1 nitrogen and oxygen atoms in total. The van der Waals surface area contributed by atoms with Crippen molar-refractivity contribution >= 4 is 0 Å². The minimum atomic E-state index is 0.382. The Morgan fingerprint density at radius 1 is 1.29 bits per heavy atom. The van der Waals surface area contributed by atoms with Crippen LogP contribution in [0.15, 0.2) is 0 Å². The van der Waals surface area contributed by atoms with E-state index in [4.69, 9.17) is 0 Å². The lowest BCUT2D eigenvalue weighted by atomic mass is 9.63. The molecular weight excluding hydrogens is 172 g/mol. The standard InChI is InChI=1S/C13H24O/c1-10(9-14)12-7-6-11-5-3-4-8-13(11,12)2/h10-12,14H,3-9H2,1-2H3. The normalized spacial score (nSPS) is 44.8. The molecule has 1 N–H and O–H groups in total. The van der Waals surface area contributed by atoms with Gasteiger partial charge in [0.1, 0.15) is 0 Å². The second-order valence-electron chi connectivity index (χ2n) is 5.79. The topological polar surface area (TPSA) is 20.2 Å². The number of hydrogen-bond acceptors (Lipinski definition) is 1. The van der Waals surface area contributed by atoms with Gasteiger partial charge in [-0.2, -0.15) is 0 Å². The van der Waals surface area contributed by atoms with Crippen LogP contribution in [0.1, 0.15) is 52.4 Å². The molecule has 4 atom stereocenters. The minimum absolute atomic E-state index is 0.382. The molecule has 2 saturated carbocycles. The molecule has 0 spiro atoms. The van der Waals surface area contributed by atoms with Crippen LogP contribution in [-0.2, 0) is 0 Å². The predicted molar refractivity (Wildman–Crippen MR) is 59.0 cm³/mol. The van der Waals surface area contributed by atoms with Gasteiger partial charge in [0.05, 0.1) is 0 Å². The highest BCUT2D eigenvalue weighted by Crippen LogP contribution is 2.57. The van der Waals surface area contributed by atoms with Gasteiger partial charge >= 0.3 is 0 Å². The summed E-state index contributed by atoms with van der Waals surface area (Å²) in [7, 11) is 0. The summed E-state index contributed by atoms with van der Waals surface area (Å²) in [6, 6.07) is 0. The average Bonchev–Trinajstić information content (AvgIpc) is 2.54. The lowest BCUT2D eigenvalue weighted by Crippen LogP contribution is -2.35. The van der Waals surface area contributed by atoms with E-state index in [1.807, 2.05) is 0 Å². The molecule has 82 valence electrons. The zero-order valence-corrected chi connectivity index (χ0v) is 9.63. The predicted octanol–water partition coefficient (Wildman–Crippen LogP) is 3.22. The fraction of sp³-hybridized carbons (Fsp3) is 1.00. The Labute approximate surface area is 87.9 Å². The first-order valence-corrected chi connectivity index (χ1v) is 6.29. The average molecular weight is 196 g/mol. The molecule has 0 radical (unpaired) electrons. The van der Waals surface area contributed by atoms with Crippen molar-refractivity contribution in [1.29, 1.82) is 0 Å². The van der Waals surface area contributed by atoms with Gasteiger partial charge in [0.25, 0.3) is 0 Å². The van der Waals surface area contributed by atoms with Crippen molar-refractivity contribution in [3.63, 3.8) is 0 Å². The van der Waals surface area contributed by atoms with Crippen molar-refractivity contribution < 1.29 is 5.11 Å². The van der Waals surface area contributed by atoms with Crippen LogP contribution in [0.3, 0.4) is 0 Å². The smallest absolute Gasteiger partial charge is 0.0459 e. The first kappa shape index (κ1) is 10.5. The van der Waals surface area contributed by atoms with Gasteiger partial charge in [-0.3, -0.25) is 0 Å². The third kappa shape index (κ3) is 1.50. The van der Waals surface area contributed by atoms with Crippen LogP contribution >= 0.6 is 0 Å². The maximum Gasteiger partial charge on any atom is 0.0459 e. The van der Waals surface area contributed by atoms with Crippen molar-refractivity contribution in [3.8, 4) is 0 Å². The van der Waals surface area contributed by atoms with Crippen molar-refractivity contribution in [2.45, 2.75) is 52.4 Å². The zero-order chi connectivity index (χ0) is 10.2. The molecule has 2 aliphatic carbocycles. The Morgan fingerprint density at radius 3 is 2.79 bits per heavy atom. The number of aliphatic hydroxyl groups is 1. The molecule has 14 heavy (non-hydrogen) atoms. The third-order valence-corrected chi connectivity index (χ3v) is 5.10. The van der Waals surface area contributed by atoms with E-state index in [9.17, 15) is 5.11 Å². The number of rotatable bonds is 2. The van der Waals surface area contributed by atoms with E-state index < -0.39 is 0 Å². The van der Waals surface area contributed by atoms with Crippen LogP contribution in [0.4, 0.5) is 0 Å². The summed E-state index contributed by atoms with van der Waals surface area (Å²) in [6.45, 7) is 5.10. The first-order chi connectivity index (χ1) is 6.68. The molecule has 0 bridgehead atoms. The van der Waals surface area contributed by atoms with Gasteiger partial charge in [-0.05, 0) is 48.9 Å². The number of aliphatic hydroxyl groups excluding tert-OH is 1. The molecule has 2 rings (SSSR count). The monoisotopic (exact) mass is 196 g/mol. The summed E-state index contributed by atoms with van der Waals surface area (Å²) >= 11 is 0. The Balaban J connectivity index is 2.12. The molecule has 0 amide bonds. The van der Waals surface area contributed by atoms with E-state index in [2.05, 4.69) is 13.8 Å². The summed E-state index contributed by atoms with van der Waals surface area (Å²) in [5.41, 5.74) is 0.570. The molecule has 1 heteroatoms. The van der Waals surface area contributed by atoms with Gasteiger partial charge < -0.3 is 5.11 Å².